The largest absolute Gasteiger partial charge is 0.508 e. The zero-order valence-electron chi connectivity index (χ0n) is 10.1. The lowest BCUT2D eigenvalue weighted by Crippen LogP contribution is -1.98. The zero-order valence-corrected chi connectivity index (χ0v) is 10.9. The molecular weight excluding hydrogens is 280 g/mol. The van der Waals surface area contributed by atoms with Gasteiger partial charge in [-0.25, -0.2) is 0 Å². The average Bonchev–Trinajstić information content (AvgIpc) is 2.66. The minimum Gasteiger partial charge on any atom is -0.508 e. The minimum absolute atomic E-state index is 0.0519. The van der Waals surface area contributed by atoms with E-state index in [1.807, 2.05) is 0 Å². The Morgan fingerprint density at radius 2 is 1.95 bits per heavy atom. The third-order valence-corrected chi connectivity index (χ3v) is 3.12. The summed E-state index contributed by atoms with van der Waals surface area (Å²) in [6.07, 6.45) is 1.53. The summed E-state index contributed by atoms with van der Waals surface area (Å²) in [5.41, 5.74) is 0.758. The molecule has 5 heteroatoms. The molecule has 20 heavy (non-hydrogen) atoms. The van der Waals surface area contributed by atoms with E-state index < -0.39 is 5.78 Å². The number of carbonyl (C=O) groups is 1. The van der Waals surface area contributed by atoms with E-state index in [1.54, 1.807) is 24.3 Å². The maximum atomic E-state index is 12.2. The summed E-state index contributed by atoms with van der Waals surface area (Å²) in [7, 11) is 0. The number of ether oxygens (including phenoxy) is 1. The highest BCUT2D eigenvalue weighted by atomic mass is 35.5. The molecule has 0 aromatic heterocycles. The Hall–Kier alpha value is -2.46. The number of phenols is 2. The Balaban J connectivity index is 2.04. The quantitative estimate of drug-likeness (QED) is 0.790. The Morgan fingerprint density at radius 1 is 1.15 bits per heavy atom. The van der Waals surface area contributed by atoms with Crippen molar-refractivity contribution in [1.82, 2.24) is 0 Å². The summed E-state index contributed by atoms with van der Waals surface area (Å²) in [6, 6.07) is 9.32. The number of halogens is 1. The lowest BCUT2D eigenvalue weighted by molar-refractivity contribution is 0.101. The highest BCUT2D eigenvalue weighted by Gasteiger charge is 2.31. The maximum Gasteiger partial charge on any atom is 0.235 e. The maximum absolute atomic E-state index is 12.2. The number of carbonyl (C=O) groups excluding carboxylic acids is 1. The molecule has 1 aliphatic rings. The normalized spacial score (nSPS) is 15.2. The molecule has 0 spiro atoms. The summed E-state index contributed by atoms with van der Waals surface area (Å²) in [5.74, 6) is -0.695. The fourth-order valence-corrected chi connectivity index (χ4v) is 2.22. The molecule has 0 amide bonds. The predicted molar refractivity (Wildman–Crippen MR) is 74.2 cm³/mol. The summed E-state index contributed by atoms with van der Waals surface area (Å²) >= 11 is 5.87. The lowest BCUT2D eigenvalue weighted by atomic mass is 10.1. The number of aromatic hydroxyl groups is 2. The van der Waals surface area contributed by atoms with Gasteiger partial charge in [0, 0.05) is 17.2 Å². The molecular formula is C15H9ClO4. The number of hydrogen-bond donors (Lipinski definition) is 2. The van der Waals surface area contributed by atoms with E-state index in [9.17, 15) is 15.0 Å². The van der Waals surface area contributed by atoms with Crippen LogP contribution < -0.4 is 4.74 Å². The van der Waals surface area contributed by atoms with Crippen LogP contribution in [0.3, 0.4) is 0 Å². The van der Waals surface area contributed by atoms with Crippen LogP contribution in [0.25, 0.3) is 6.08 Å². The first-order chi connectivity index (χ1) is 9.54. The first-order valence-electron chi connectivity index (χ1n) is 5.80. The molecule has 2 aromatic rings. The van der Waals surface area contributed by atoms with E-state index >= 15 is 0 Å². The van der Waals surface area contributed by atoms with Gasteiger partial charge >= 0.3 is 0 Å². The average molecular weight is 289 g/mol. The number of allylic oxidation sites excluding steroid dienone is 1. The molecule has 4 nitrogen and oxygen atoms in total. The molecule has 0 saturated heterocycles. The number of benzene rings is 2. The van der Waals surface area contributed by atoms with Crippen molar-refractivity contribution < 1.29 is 19.7 Å². The molecule has 2 aromatic carbocycles. The lowest BCUT2D eigenvalue weighted by Gasteiger charge is -2.00. The second-order valence-electron chi connectivity index (χ2n) is 4.33. The zero-order chi connectivity index (χ0) is 14.3. The number of rotatable bonds is 1. The second kappa shape index (κ2) is 4.58. The van der Waals surface area contributed by atoms with Crippen molar-refractivity contribution in [3.8, 4) is 17.2 Å². The van der Waals surface area contributed by atoms with Crippen LogP contribution >= 0.6 is 11.6 Å². The number of ketones is 1. The molecule has 3 rings (SSSR count). The van der Waals surface area contributed by atoms with Gasteiger partial charge in [-0.3, -0.25) is 4.79 Å². The third-order valence-electron chi connectivity index (χ3n) is 2.88. The van der Waals surface area contributed by atoms with Gasteiger partial charge in [-0.1, -0.05) is 23.7 Å². The first kappa shape index (κ1) is 12.6. The van der Waals surface area contributed by atoms with Crippen molar-refractivity contribution in [2.75, 3.05) is 0 Å². The number of phenolic OH excluding ortho intramolecular Hbond substituents is 2. The first-order valence-corrected chi connectivity index (χ1v) is 6.18. The minimum atomic E-state index is -0.433. The van der Waals surface area contributed by atoms with Gasteiger partial charge in [0.2, 0.25) is 5.78 Å². The number of Topliss-reactive ketones (excluding diaryl/α,β-unsaturated/α-hetero) is 1. The molecule has 0 bridgehead atoms. The summed E-state index contributed by atoms with van der Waals surface area (Å²) in [5, 5.41) is 19.6. The molecule has 1 heterocycles. The van der Waals surface area contributed by atoms with Crippen LogP contribution in [-0.2, 0) is 0 Å². The van der Waals surface area contributed by atoms with Crippen LogP contribution in [0.4, 0.5) is 0 Å². The van der Waals surface area contributed by atoms with Crippen molar-refractivity contribution in [3.05, 3.63) is 58.3 Å². The van der Waals surface area contributed by atoms with Crippen LogP contribution in [-0.4, -0.2) is 16.0 Å². The van der Waals surface area contributed by atoms with Crippen molar-refractivity contribution in [3.63, 3.8) is 0 Å². The Kier molecular flexibility index (Phi) is 2.88. The summed E-state index contributed by atoms with van der Waals surface area (Å²) in [6.45, 7) is 0. The monoisotopic (exact) mass is 288 g/mol. The van der Waals surface area contributed by atoms with E-state index in [-0.39, 0.29) is 28.6 Å². The second-order valence-corrected chi connectivity index (χ2v) is 4.77. The van der Waals surface area contributed by atoms with E-state index in [1.165, 1.54) is 12.1 Å². The van der Waals surface area contributed by atoms with Crippen molar-refractivity contribution >= 4 is 23.5 Å². The van der Waals surface area contributed by atoms with E-state index in [4.69, 9.17) is 16.3 Å². The van der Waals surface area contributed by atoms with Gasteiger partial charge in [0.05, 0.1) is 0 Å². The molecule has 0 radical (unpaired) electrons. The van der Waals surface area contributed by atoms with Gasteiger partial charge in [-0.15, -0.1) is 0 Å². The fourth-order valence-electron chi connectivity index (χ4n) is 2.03. The number of fused-ring (bicyclic) bond motifs is 1. The third kappa shape index (κ3) is 2.10. The molecule has 0 atom stereocenters. The predicted octanol–water partition coefficient (Wildman–Crippen LogP) is 3.37. The number of hydrogen-bond acceptors (Lipinski definition) is 4. The van der Waals surface area contributed by atoms with Crippen LogP contribution in [0.5, 0.6) is 17.2 Å². The molecule has 0 fully saturated rings. The van der Waals surface area contributed by atoms with Gasteiger partial charge in [0.15, 0.2) is 5.76 Å². The summed E-state index contributed by atoms with van der Waals surface area (Å²) in [4.78, 5) is 12.2. The Labute approximate surface area is 119 Å². The Bertz CT molecular complexity index is 750. The Morgan fingerprint density at radius 3 is 2.70 bits per heavy atom. The van der Waals surface area contributed by atoms with Gasteiger partial charge in [0.25, 0.3) is 0 Å². The van der Waals surface area contributed by atoms with Crippen LogP contribution in [0.1, 0.15) is 15.9 Å². The molecule has 0 aliphatic carbocycles. The standard InChI is InChI=1S/C15H9ClO4/c16-9-3-1-2-8(4-9)5-13-15(19)14-11(18)6-10(17)7-12(14)20-13/h1-7,17-18H/b13-5-. The highest BCUT2D eigenvalue weighted by molar-refractivity contribution is 6.30. The van der Waals surface area contributed by atoms with Crippen LogP contribution in [0.2, 0.25) is 5.02 Å². The fraction of sp³-hybridized carbons (Fsp3) is 0. The van der Waals surface area contributed by atoms with Gasteiger partial charge in [-0.2, -0.15) is 0 Å². The van der Waals surface area contributed by atoms with Gasteiger partial charge < -0.3 is 14.9 Å². The molecule has 0 unspecified atom stereocenters. The van der Waals surface area contributed by atoms with E-state index in [0.29, 0.717) is 10.6 Å². The van der Waals surface area contributed by atoms with Crippen molar-refractivity contribution in [2.45, 2.75) is 0 Å². The molecule has 1 aliphatic heterocycles. The highest BCUT2D eigenvalue weighted by Crippen LogP contribution is 2.40. The smallest absolute Gasteiger partial charge is 0.235 e. The van der Waals surface area contributed by atoms with E-state index in [0.717, 1.165) is 6.07 Å². The van der Waals surface area contributed by atoms with Crippen LogP contribution in [0.15, 0.2) is 42.2 Å². The topological polar surface area (TPSA) is 66.8 Å². The molecule has 100 valence electrons. The van der Waals surface area contributed by atoms with Crippen molar-refractivity contribution in [2.24, 2.45) is 0 Å². The SMILES string of the molecule is O=C1/C(=C/c2cccc(Cl)c2)Oc2cc(O)cc(O)c21. The summed E-state index contributed by atoms with van der Waals surface area (Å²) < 4.78 is 5.37. The van der Waals surface area contributed by atoms with E-state index in [2.05, 4.69) is 0 Å². The molecule has 2 N–H and O–H groups in total. The van der Waals surface area contributed by atoms with Gasteiger partial charge in [-0.05, 0) is 23.8 Å². The van der Waals surface area contributed by atoms with Crippen molar-refractivity contribution in [1.29, 1.82) is 0 Å². The van der Waals surface area contributed by atoms with Gasteiger partial charge in [0.1, 0.15) is 22.8 Å². The molecule has 0 saturated carbocycles. The van der Waals surface area contributed by atoms with Crippen LogP contribution in [0, 0.1) is 0 Å².